The van der Waals surface area contributed by atoms with E-state index in [2.05, 4.69) is 51.7 Å². The molecule has 0 saturated heterocycles. The molecule has 8 rings (SSSR count). The number of fused-ring (bicyclic) bond motifs is 1. The van der Waals surface area contributed by atoms with Gasteiger partial charge in [-0.3, -0.25) is 19.5 Å². The fourth-order valence-electron chi connectivity index (χ4n) is 7.01. The van der Waals surface area contributed by atoms with Crippen molar-refractivity contribution in [2.24, 2.45) is 0 Å². The van der Waals surface area contributed by atoms with Gasteiger partial charge in [-0.25, -0.2) is 9.67 Å². The van der Waals surface area contributed by atoms with Gasteiger partial charge in [0, 0.05) is 17.7 Å². The first-order chi connectivity index (χ1) is 25.4. The molecule has 0 unspecified atom stereocenters. The van der Waals surface area contributed by atoms with Gasteiger partial charge in [0.15, 0.2) is 5.82 Å². The van der Waals surface area contributed by atoms with Crippen molar-refractivity contribution in [1.82, 2.24) is 29.8 Å². The monoisotopic (exact) mass is 681 g/mol. The molecule has 10 nitrogen and oxygen atoms in total. The van der Waals surface area contributed by atoms with Crippen LogP contribution in [-0.2, 0) is 12.1 Å². The lowest BCUT2D eigenvalue weighted by atomic mass is 9.77. The zero-order valence-corrected chi connectivity index (χ0v) is 28.1. The zero-order valence-electron chi connectivity index (χ0n) is 28.1. The van der Waals surface area contributed by atoms with Crippen molar-refractivity contribution in [2.75, 3.05) is 0 Å². The topological polar surface area (TPSA) is 122 Å². The number of benzene rings is 6. The predicted octanol–water partition coefficient (Wildman–Crippen LogP) is 7.82. The maximum Gasteiger partial charge on any atom is 0.270 e. The van der Waals surface area contributed by atoms with Crippen LogP contribution in [0.1, 0.15) is 28.1 Å². The largest absolute Gasteiger partial charge is 0.292 e. The summed E-state index contributed by atoms with van der Waals surface area (Å²) in [6, 6.07) is 51.0. The fourth-order valence-corrected chi connectivity index (χ4v) is 7.01. The third kappa shape index (κ3) is 5.52. The number of nitro groups is 1. The van der Waals surface area contributed by atoms with Crippen LogP contribution in [0, 0.1) is 17.0 Å². The minimum atomic E-state index is -0.904. The van der Waals surface area contributed by atoms with Crippen molar-refractivity contribution in [1.29, 1.82) is 0 Å². The lowest BCUT2D eigenvalue weighted by Gasteiger charge is -2.36. The van der Waals surface area contributed by atoms with Gasteiger partial charge in [-0.15, -0.1) is 5.10 Å². The highest BCUT2D eigenvalue weighted by molar-refractivity contribution is 5.82. The smallest absolute Gasteiger partial charge is 0.270 e. The molecule has 6 aromatic carbocycles. The number of nitrogens with zero attached hydrogens (tertiary/aromatic N) is 7. The molecule has 0 bridgehead atoms. The molecular formula is C42H31N7O3. The quantitative estimate of drug-likeness (QED) is 0.0865. The van der Waals surface area contributed by atoms with Gasteiger partial charge in [0.25, 0.3) is 11.2 Å². The van der Waals surface area contributed by atoms with Gasteiger partial charge in [0.05, 0.1) is 22.4 Å². The number of non-ortho nitro benzene ring substituents is 1. The molecule has 8 aromatic rings. The van der Waals surface area contributed by atoms with Crippen molar-refractivity contribution in [3.8, 4) is 22.5 Å². The van der Waals surface area contributed by atoms with Crippen LogP contribution in [0.2, 0.25) is 0 Å². The molecule has 52 heavy (non-hydrogen) atoms. The molecule has 2 heterocycles. The van der Waals surface area contributed by atoms with Gasteiger partial charge < -0.3 is 0 Å². The van der Waals surface area contributed by atoms with Crippen LogP contribution in [0.25, 0.3) is 33.4 Å². The van der Waals surface area contributed by atoms with Crippen LogP contribution in [-0.4, -0.2) is 34.7 Å². The summed E-state index contributed by atoms with van der Waals surface area (Å²) in [6.07, 6.45) is 0. The zero-order chi connectivity index (χ0) is 35.7. The summed E-state index contributed by atoms with van der Waals surface area (Å²) in [5, 5.41) is 25.2. The molecule has 2 aromatic heterocycles. The van der Waals surface area contributed by atoms with E-state index in [1.54, 1.807) is 11.5 Å². The molecular weight excluding hydrogens is 651 g/mol. The average molecular weight is 682 g/mol. The lowest BCUT2D eigenvalue weighted by molar-refractivity contribution is -0.384. The number of aryl methyl sites for hydroxylation is 1. The Hall–Kier alpha value is -7.07. The second-order valence-corrected chi connectivity index (χ2v) is 12.5. The first-order valence-electron chi connectivity index (χ1n) is 16.7. The third-order valence-electron chi connectivity index (χ3n) is 9.47. The van der Waals surface area contributed by atoms with E-state index in [9.17, 15) is 14.9 Å². The van der Waals surface area contributed by atoms with E-state index in [0.29, 0.717) is 17.2 Å². The van der Waals surface area contributed by atoms with E-state index in [4.69, 9.17) is 5.21 Å². The number of nitro benzene ring substituents is 1. The number of rotatable bonds is 9. The molecule has 0 N–H and O–H groups in total. The van der Waals surface area contributed by atoms with Gasteiger partial charge >= 0.3 is 0 Å². The molecule has 0 aliphatic rings. The van der Waals surface area contributed by atoms with Gasteiger partial charge in [-0.1, -0.05) is 140 Å². The van der Waals surface area contributed by atoms with Crippen molar-refractivity contribution < 1.29 is 4.92 Å². The summed E-state index contributed by atoms with van der Waals surface area (Å²) in [5.74, 6) is 1.11. The Kier molecular flexibility index (Phi) is 8.24. The van der Waals surface area contributed by atoms with Gasteiger partial charge in [-0.2, -0.15) is 0 Å². The summed E-state index contributed by atoms with van der Waals surface area (Å²) in [7, 11) is 0. The van der Waals surface area contributed by atoms with Crippen LogP contribution < -0.4 is 5.56 Å². The second-order valence-electron chi connectivity index (χ2n) is 12.5. The third-order valence-corrected chi connectivity index (χ3v) is 9.47. The van der Waals surface area contributed by atoms with Crippen LogP contribution in [0.5, 0.6) is 0 Å². The standard InChI is InChI=1S/C42H31N7O3/c1-29-43-39-26-25-35(49(51)52)27-38(39)41(50)47(29)28-30-21-23-31(24-22-30)36-19-11-12-20-37(36)40-44-45-46-48(40)42(32-13-5-2-6-14-32,33-15-7-3-8-16-33)34-17-9-4-10-18-34/h2-27H,28H2,1H3. The van der Waals surface area contributed by atoms with Crippen LogP contribution in [0.15, 0.2) is 163 Å². The first-order valence-corrected chi connectivity index (χ1v) is 16.7. The van der Waals surface area contributed by atoms with Gasteiger partial charge in [0.2, 0.25) is 0 Å². The first kappa shape index (κ1) is 32.2. The molecule has 0 atom stereocenters. The van der Waals surface area contributed by atoms with E-state index in [-0.39, 0.29) is 23.2 Å². The van der Waals surface area contributed by atoms with Crippen LogP contribution in [0.3, 0.4) is 0 Å². The Labute approximate surface area is 298 Å². The molecule has 10 heteroatoms. The minimum absolute atomic E-state index is 0.149. The van der Waals surface area contributed by atoms with E-state index in [1.165, 1.54) is 18.2 Å². The fraction of sp³-hybridized carbons (Fsp3) is 0.0714. The Morgan fingerprint density at radius 2 is 1.25 bits per heavy atom. The number of hydrogen-bond donors (Lipinski definition) is 0. The molecule has 0 spiro atoms. The minimum Gasteiger partial charge on any atom is -0.292 e. The Morgan fingerprint density at radius 1 is 0.692 bits per heavy atom. The summed E-state index contributed by atoms with van der Waals surface area (Å²) >= 11 is 0. The van der Waals surface area contributed by atoms with Gasteiger partial charge in [0.1, 0.15) is 11.4 Å². The van der Waals surface area contributed by atoms with Crippen LogP contribution in [0.4, 0.5) is 5.69 Å². The molecule has 0 saturated carbocycles. The SMILES string of the molecule is Cc1nc2ccc([N+](=O)[O-])cc2c(=O)n1Cc1ccc(-c2ccccc2-c2nnnn2C(c2ccccc2)(c2ccccc2)c2ccccc2)cc1. The molecule has 252 valence electrons. The summed E-state index contributed by atoms with van der Waals surface area (Å²) in [6.45, 7) is 2.02. The van der Waals surface area contributed by atoms with E-state index in [0.717, 1.165) is 38.9 Å². The summed E-state index contributed by atoms with van der Waals surface area (Å²) < 4.78 is 3.46. The highest BCUT2D eigenvalue weighted by Crippen LogP contribution is 2.43. The number of hydrogen-bond acceptors (Lipinski definition) is 7. The molecule has 0 radical (unpaired) electrons. The Balaban J connectivity index is 1.22. The maximum atomic E-state index is 13.5. The highest BCUT2D eigenvalue weighted by Gasteiger charge is 2.42. The van der Waals surface area contributed by atoms with Crippen molar-refractivity contribution in [2.45, 2.75) is 19.0 Å². The summed E-state index contributed by atoms with van der Waals surface area (Å²) in [4.78, 5) is 28.9. The molecule has 0 aliphatic heterocycles. The van der Waals surface area contributed by atoms with Gasteiger partial charge in [-0.05, 0) is 56.8 Å². The maximum absolute atomic E-state index is 13.5. The Bertz CT molecular complexity index is 2510. The second kappa shape index (κ2) is 13.3. The van der Waals surface area contributed by atoms with Crippen LogP contribution >= 0.6 is 0 Å². The lowest BCUT2D eigenvalue weighted by Crippen LogP contribution is -2.39. The predicted molar refractivity (Wildman–Crippen MR) is 200 cm³/mol. The normalized spacial score (nSPS) is 11.5. The van der Waals surface area contributed by atoms with E-state index < -0.39 is 10.5 Å². The number of tetrazole rings is 1. The average Bonchev–Trinajstić information content (AvgIpc) is 3.68. The molecule has 0 aliphatic carbocycles. The summed E-state index contributed by atoms with van der Waals surface area (Å²) in [5.41, 5.74) is 5.65. The Morgan fingerprint density at radius 3 is 1.83 bits per heavy atom. The van der Waals surface area contributed by atoms with Crippen molar-refractivity contribution in [3.63, 3.8) is 0 Å². The van der Waals surface area contributed by atoms with E-state index >= 15 is 0 Å². The van der Waals surface area contributed by atoms with Crippen molar-refractivity contribution >= 4 is 16.6 Å². The number of aromatic nitrogens is 6. The highest BCUT2D eigenvalue weighted by atomic mass is 16.6. The molecule has 0 fully saturated rings. The molecule has 0 amide bonds. The van der Waals surface area contributed by atoms with Crippen molar-refractivity contribution in [3.05, 3.63) is 206 Å². The van der Waals surface area contributed by atoms with E-state index in [1.807, 2.05) is 108 Å².